The third-order valence-corrected chi connectivity index (χ3v) is 3.79. The lowest BCUT2D eigenvalue weighted by Gasteiger charge is -2.02. The summed E-state index contributed by atoms with van der Waals surface area (Å²) in [6.07, 6.45) is 4.98. The predicted molar refractivity (Wildman–Crippen MR) is 87.9 cm³/mol. The Kier molecular flexibility index (Phi) is 4.33. The minimum atomic E-state index is -0.332. The molecule has 8 heteroatoms. The Morgan fingerprint density at radius 2 is 2.26 bits per heavy atom. The van der Waals surface area contributed by atoms with Crippen molar-refractivity contribution in [2.45, 2.75) is 19.9 Å². The zero-order valence-corrected chi connectivity index (χ0v) is 13.4. The number of hydrogen-bond donors (Lipinski definition) is 1. The van der Waals surface area contributed by atoms with E-state index < -0.39 is 0 Å². The molecule has 0 atom stereocenters. The summed E-state index contributed by atoms with van der Waals surface area (Å²) in [5.74, 6) is -0.0664. The second kappa shape index (κ2) is 6.57. The first-order valence-electron chi connectivity index (χ1n) is 7.03. The van der Waals surface area contributed by atoms with Gasteiger partial charge in [-0.05, 0) is 37.4 Å². The smallest absolute Gasteiger partial charge is 0.322 e. The Morgan fingerprint density at radius 1 is 1.39 bits per heavy atom. The average Bonchev–Trinajstić information content (AvgIpc) is 3.26. The van der Waals surface area contributed by atoms with Crippen LogP contribution >= 0.6 is 11.3 Å². The van der Waals surface area contributed by atoms with E-state index in [-0.39, 0.29) is 23.9 Å². The molecule has 0 aliphatic heterocycles. The van der Waals surface area contributed by atoms with Gasteiger partial charge in [0.25, 0.3) is 11.8 Å². The molecule has 1 N–H and O–H groups in total. The third-order valence-electron chi connectivity index (χ3n) is 2.95. The van der Waals surface area contributed by atoms with E-state index in [4.69, 9.17) is 4.42 Å². The third kappa shape index (κ3) is 3.72. The van der Waals surface area contributed by atoms with E-state index in [1.165, 1.54) is 6.08 Å². The molecule has 3 aromatic rings. The van der Waals surface area contributed by atoms with Crippen molar-refractivity contribution in [3.05, 3.63) is 40.7 Å². The van der Waals surface area contributed by atoms with Crippen LogP contribution in [0, 0.1) is 0 Å². The van der Waals surface area contributed by atoms with Crippen LogP contribution in [0.2, 0.25) is 0 Å². The number of amides is 1. The van der Waals surface area contributed by atoms with Crippen molar-refractivity contribution in [3.8, 4) is 11.6 Å². The summed E-state index contributed by atoms with van der Waals surface area (Å²) in [5, 5.41) is 16.5. The largest absolute Gasteiger partial charge is 0.401 e. The Hall–Kier alpha value is -2.74. The number of hydrogen-bond acceptors (Lipinski definition) is 6. The van der Waals surface area contributed by atoms with Crippen LogP contribution in [0.1, 0.15) is 24.8 Å². The van der Waals surface area contributed by atoms with E-state index in [0.29, 0.717) is 5.69 Å². The van der Waals surface area contributed by atoms with Crippen LogP contribution in [-0.4, -0.2) is 25.9 Å². The van der Waals surface area contributed by atoms with Gasteiger partial charge in [0, 0.05) is 23.2 Å². The van der Waals surface area contributed by atoms with Crippen LogP contribution in [0.5, 0.6) is 0 Å². The normalized spacial score (nSPS) is 11.4. The Labute approximate surface area is 136 Å². The molecule has 0 aromatic carbocycles. The zero-order valence-electron chi connectivity index (χ0n) is 12.6. The fourth-order valence-electron chi connectivity index (χ4n) is 1.81. The highest BCUT2D eigenvalue weighted by Gasteiger charge is 2.13. The topological polar surface area (TPSA) is 85.8 Å². The summed E-state index contributed by atoms with van der Waals surface area (Å²) in [7, 11) is 0. The molecule has 3 aromatic heterocycles. The van der Waals surface area contributed by atoms with Crippen molar-refractivity contribution in [2.24, 2.45) is 0 Å². The number of carbonyl (C=O) groups excluding carboxylic acids is 1. The summed E-state index contributed by atoms with van der Waals surface area (Å²) in [6.45, 7) is 4.05. The average molecular weight is 329 g/mol. The van der Waals surface area contributed by atoms with Gasteiger partial charge in [-0.25, -0.2) is 0 Å². The summed E-state index contributed by atoms with van der Waals surface area (Å²) in [6, 6.07) is 5.91. The van der Waals surface area contributed by atoms with Gasteiger partial charge in [-0.2, -0.15) is 5.10 Å². The fraction of sp³-hybridized carbons (Fsp3) is 0.200. The van der Waals surface area contributed by atoms with Gasteiger partial charge in [0.1, 0.15) is 5.69 Å². The maximum Gasteiger partial charge on any atom is 0.322 e. The number of rotatable bonds is 5. The molecule has 3 heterocycles. The van der Waals surface area contributed by atoms with Gasteiger partial charge in [0.05, 0.1) is 0 Å². The zero-order chi connectivity index (χ0) is 16.2. The first kappa shape index (κ1) is 15.2. The van der Waals surface area contributed by atoms with Gasteiger partial charge in [0.15, 0.2) is 0 Å². The summed E-state index contributed by atoms with van der Waals surface area (Å²) in [5.41, 5.74) is 0.570. The molecule has 7 nitrogen and oxygen atoms in total. The molecule has 0 spiro atoms. The van der Waals surface area contributed by atoms with E-state index in [0.717, 1.165) is 4.88 Å². The second-order valence-corrected chi connectivity index (χ2v) is 6.00. The van der Waals surface area contributed by atoms with Crippen molar-refractivity contribution in [1.29, 1.82) is 0 Å². The van der Waals surface area contributed by atoms with Gasteiger partial charge in [0.2, 0.25) is 0 Å². The lowest BCUT2D eigenvalue weighted by atomic mass is 10.4. The van der Waals surface area contributed by atoms with E-state index >= 15 is 0 Å². The van der Waals surface area contributed by atoms with Crippen molar-refractivity contribution in [2.75, 3.05) is 5.32 Å². The number of thiophene rings is 1. The monoisotopic (exact) mass is 329 g/mol. The van der Waals surface area contributed by atoms with Crippen LogP contribution < -0.4 is 5.32 Å². The van der Waals surface area contributed by atoms with E-state index in [1.54, 1.807) is 28.2 Å². The molecule has 0 aliphatic carbocycles. The lowest BCUT2D eigenvalue weighted by Crippen LogP contribution is -2.07. The molecule has 118 valence electrons. The molecule has 23 heavy (non-hydrogen) atoms. The minimum Gasteiger partial charge on any atom is -0.401 e. The van der Waals surface area contributed by atoms with Crippen molar-refractivity contribution in [1.82, 2.24) is 20.0 Å². The number of anilines is 1. The Bertz CT molecular complexity index is 817. The molecule has 0 saturated heterocycles. The highest BCUT2D eigenvalue weighted by atomic mass is 32.1. The molecular weight excluding hydrogens is 314 g/mol. The van der Waals surface area contributed by atoms with Crippen LogP contribution in [0.4, 0.5) is 6.01 Å². The predicted octanol–water partition coefficient (Wildman–Crippen LogP) is 3.23. The standard InChI is InChI=1S/C15H15N5O2S/c1-10(2)20-8-7-12(19-20)14-17-18-15(22-14)16-13(21)6-5-11-4-3-9-23-11/h3-10H,1-2H3,(H,16,18,21)/b6-5+. The molecule has 0 saturated carbocycles. The number of nitrogens with one attached hydrogen (secondary N) is 1. The van der Waals surface area contributed by atoms with Gasteiger partial charge in [-0.15, -0.1) is 16.4 Å². The van der Waals surface area contributed by atoms with Gasteiger partial charge >= 0.3 is 6.01 Å². The lowest BCUT2D eigenvalue weighted by molar-refractivity contribution is -0.112. The van der Waals surface area contributed by atoms with Crippen LogP contribution in [0.3, 0.4) is 0 Å². The summed E-state index contributed by atoms with van der Waals surface area (Å²) < 4.78 is 7.20. The number of aromatic nitrogens is 4. The second-order valence-electron chi connectivity index (χ2n) is 5.03. The first-order chi connectivity index (χ1) is 11.1. The van der Waals surface area contributed by atoms with Crippen molar-refractivity contribution >= 4 is 29.3 Å². The molecule has 0 unspecified atom stereocenters. The molecule has 0 fully saturated rings. The van der Waals surface area contributed by atoms with Crippen molar-refractivity contribution < 1.29 is 9.21 Å². The van der Waals surface area contributed by atoms with Crippen molar-refractivity contribution in [3.63, 3.8) is 0 Å². The number of nitrogens with zero attached hydrogens (tertiary/aromatic N) is 4. The molecule has 0 aliphatic rings. The first-order valence-corrected chi connectivity index (χ1v) is 7.91. The Morgan fingerprint density at radius 3 is 2.96 bits per heavy atom. The van der Waals surface area contributed by atoms with E-state index in [2.05, 4.69) is 20.6 Å². The molecule has 1 amide bonds. The highest BCUT2D eigenvalue weighted by Crippen LogP contribution is 2.19. The quantitative estimate of drug-likeness (QED) is 0.726. The summed E-state index contributed by atoms with van der Waals surface area (Å²) >= 11 is 1.55. The molecule has 0 radical (unpaired) electrons. The highest BCUT2D eigenvalue weighted by molar-refractivity contribution is 7.10. The van der Waals surface area contributed by atoms with E-state index in [9.17, 15) is 4.79 Å². The van der Waals surface area contributed by atoms with Crippen LogP contribution in [0.25, 0.3) is 17.7 Å². The van der Waals surface area contributed by atoms with E-state index in [1.807, 2.05) is 37.6 Å². The molecular formula is C15H15N5O2S. The van der Waals surface area contributed by atoms with Gasteiger partial charge in [-0.3, -0.25) is 14.8 Å². The van der Waals surface area contributed by atoms with Crippen LogP contribution in [-0.2, 0) is 4.79 Å². The maximum absolute atomic E-state index is 11.8. The minimum absolute atomic E-state index is 0.0416. The Balaban J connectivity index is 1.65. The van der Waals surface area contributed by atoms with Crippen LogP contribution in [0.15, 0.2) is 40.3 Å². The number of carbonyl (C=O) groups is 1. The van der Waals surface area contributed by atoms with Gasteiger partial charge in [-0.1, -0.05) is 11.2 Å². The molecule has 3 rings (SSSR count). The fourth-order valence-corrected chi connectivity index (χ4v) is 2.43. The summed E-state index contributed by atoms with van der Waals surface area (Å²) in [4.78, 5) is 12.8. The SMILES string of the molecule is CC(C)n1ccc(-c2nnc(NC(=O)/C=C/c3cccs3)o2)n1. The van der Waals surface area contributed by atoms with Gasteiger partial charge < -0.3 is 4.42 Å². The maximum atomic E-state index is 11.8. The molecule has 0 bridgehead atoms.